The monoisotopic (exact) mass is 218 g/mol. The standard InChI is InChI=1S/C14H18O2/c1-2-12(15)7-6-11-4-3-5-14(10-11)16-13-8-9-13/h3-5,10,13H,2,6-9H2,1H3. The van der Waals surface area contributed by atoms with Crippen LogP contribution < -0.4 is 4.74 Å². The molecular formula is C14H18O2. The minimum absolute atomic E-state index is 0.327. The molecule has 0 N–H and O–H groups in total. The van der Waals surface area contributed by atoms with Crippen LogP contribution in [0.15, 0.2) is 24.3 Å². The molecule has 0 aromatic heterocycles. The Hall–Kier alpha value is -1.31. The van der Waals surface area contributed by atoms with Gasteiger partial charge in [-0.05, 0) is 37.0 Å². The number of rotatable bonds is 6. The van der Waals surface area contributed by atoms with Gasteiger partial charge in [-0.15, -0.1) is 0 Å². The topological polar surface area (TPSA) is 26.3 Å². The first-order valence-corrected chi connectivity index (χ1v) is 6.05. The average Bonchev–Trinajstić information content (AvgIpc) is 3.10. The van der Waals surface area contributed by atoms with Crippen LogP contribution in [0, 0.1) is 0 Å². The van der Waals surface area contributed by atoms with Crippen molar-refractivity contribution >= 4 is 5.78 Å². The van der Waals surface area contributed by atoms with Crippen molar-refractivity contribution in [3.05, 3.63) is 29.8 Å². The molecule has 1 aliphatic rings. The summed E-state index contributed by atoms with van der Waals surface area (Å²) in [4.78, 5) is 11.2. The predicted octanol–water partition coefficient (Wildman–Crippen LogP) is 3.14. The molecule has 2 rings (SSSR count). The number of carbonyl (C=O) groups excluding carboxylic acids is 1. The van der Waals surface area contributed by atoms with Crippen molar-refractivity contribution in [2.45, 2.75) is 45.1 Å². The van der Waals surface area contributed by atoms with E-state index in [-0.39, 0.29) is 0 Å². The summed E-state index contributed by atoms with van der Waals surface area (Å²) in [6.07, 6.45) is 4.90. The molecule has 0 radical (unpaired) electrons. The number of benzene rings is 1. The number of hydrogen-bond donors (Lipinski definition) is 0. The van der Waals surface area contributed by atoms with Gasteiger partial charge in [0.1, 0.15) is 11.5 Å². The van der Waals surface area contributed by atoms with Gasteiger partial charge in [0.25, 0.3) is 0 Å². The van der Waals surface area contributed by atoms with Crippen LogP contribution in [0.2, 0.25) is 0 Å². The second-order valence-corrected chi connectivity index (χ2v) is 4.36. The van der Waals surface area contributed by atoms with Crippen molar-refractivity contribution in [3.8, 4) is 5.75 Å². The maximum atomic E-state index is 11.2. The van der Waals surface area contributed by atoms with E-state index in [0.29, 0.717) is 24.7 Å². The molecule has 16 heavy (non-hydrogen) atoms. The molecule has 1 fully saturated rings. The van der Waals surface area contributed by atoms with Gasteiger partial charge < -0.3 is 4.74 Å². The lowest BCUT2D eigenvalue weighted by Crippen LogP contribution is -1.99. The Morgan fingerprint density at radius 1 is 1.44 bits per heavy atom. The smallest absolute Gasteiger partial charge is 0.132 e. The van der Waals surface area contributed by atoms with Gasteiger partial charge in [-0.2, -0.15) is 0 Å². The highest BCUT2D eigenvalue weighted by molar-refractivity contribution is 5.78. The number of ether oxygens (including phenoxy) is 1. The zero-order chi connectivity index (χ0) is 11.4. The third-order valence-corrected chi connectivity index (χ3v) is 2.81. The quantitative estimate of drug-likeness (QED) is 0.733. The minimum Gasteiger partial charge on any atom is -0.490 e. The van der Waals surface area contributed by atoms with Gasteiger partial charge in [-0.1, -0.05) is 19.1 Å². The SMILES string of the molecule is CCC(=O)CCc1cccc(OC2CC2)c1. The Balaban J connectivity index is 1.90. The summed E-state index contributed by atoms with van der Waals surface area (Å²) in [6, 6.07) is 8.11. The number of ketones is 1. The van der Waals surface area contributed by atoms with E-state index in [2.05, 4.69) is 12.1 Å². The van der Waals surface area contributed by atoms with E-state index in [1.807, 2.05) is 19.1 Å². The van der Waals surface area contributed by atoms with E-state index in [1.54, 1.807) is 0 Å². The molecule has 1 aromatic rings. The summed E-state index contributed by atoms with van der Waals surface area (Å²) in [5.41, 5.74) is 1.19. The van der Waals surface area contributed by atoms with Crippen LogP contribution in [0.4, 0.5) is 0 Å². The van der Waals surface area contributed by atoms with E-state index in [9.17, 15) is 4.79 Å². The normalized spacial score (nSPS) is 14.8. The maximum absolute atomic E-state index is 11.2. The first-order valence-electron chi connectivity index (χ1n) is 6.05. The molecule has 1 saturated carbocycles. The summed E-state index contributed by atoms with van der Waals surface area (Å²) in [5.74, 6) is 1.28. The Morgan fingerprint density at radius 2 is 2.25 bits per heavy atom. The van der Waals surface area contributed by atoms with E-state index < -0.39 is 0 Å². The Bertz CT molecular complexity index is 367. The lowest BCUT2D eigenvalue weighted by Gasteiger charge is -2.06. The lowest BCUT2D eigenvalue weighted by atomic mass is 10.1. The van der Waals surface area contributed by atoms with E-state index in [0.717, 1.165) is 12.2 Å². The van der Waals surface area contributed by atoms with Gasteiger partial charge in [0.2, 0.25) is 0 Å². The van der Waals surface area contributed by atoms with Crippen molar-refractivity contribution < 1.29 is 9.53 Å². The van der Waals surface area contributed by atoms with Crippen molar-refractivity contribution in [1.82, 2.24) is 0 Å². The molecular weight excluding hydrogens is 200 g/mol. The molecule has 2 nitrogen and oxygen atoms in total. The number of hydrogen-bond acceptors (Lipinski definition) is 2. The molecule has 0 atom stereocenters. The summed E-state index contributed by atoms with van der Waals surface area (Å²) in [7, 11) is 0. The van der Waals surface area contributed by atoms with Gasteiger partial charge in [0, 0.05) is 12.8 Å². The summed E-state index contributed by atoms with van der Waals surface area (Å²) < 4.78 is 5.71. The van der Waals surface area contributed by atoms with Gasteiger partial charge in [0.15, 0.2) is 0 Å². The highest BCUT2D eigenvalue weighted by atomic mass is 16.5. The Labute approximate surface area is 96.6 Å². The largest absolute Gasteiger partial charge is 0.490 e. The summed E-state index contributed by atoms with van der Waals surface area (Å²) in [6.45, 7) is 1.91. The second kappa shape index (κ2) is 5.15. The Kier molecular flexibility index (Phi) is 3.60. The first-order chi connectivity index (χ1) is 7.78. The van der Waals surface area contributed by atoms with Crippen LogP contribution >= 0.6 is 0 Å². The predicted molar refractivity (Wildman–Crippen MR) is 63.7 cm³/mol. The molecule has 0 aliphatic heterocycles. The van der Waals surface area contributed by atoms with E-state index >= 15 is 0 Å². The minimum atomic E-state index is 0.327. The van der Waals surface area contributed by atoms with Crippen molar-refractivity contribution in [2.75, 3.05) is 0 Å². The molecule has 0 amide bonds. The molecule has 0 heterocycles. The third-order valence-electron chi connectivity index (χ3n) is 2.81. The average molecular weight is 218 g/mol. The van der Waals surface area contributed by atoms with Gasteiger partial charge >= 0.3 is 0 Å². The van der Waals surface area contributed by atoms with Crippen LogP contribution in [0.25, 0.3) is 0 Å². The fraction of sp³-hybridized carbons (Fsp3) is 0.500. The molecule has 0 spiro atoms. The highest BCUT2D eigenvalue weighted by Crippen LogP contribution is 2.27. The first kappa shape index (κ1) is 11.2. The summed E-state index contributed by atoms with van der Waals surface area (Å²) >= 11 is 0. The third kappa shape index (κ3) is 3.37. The van der Waals surface area contributed by atoms with Crippen LogP contribution in [-0.4, -0.2) is 11.9 Å². The molecule has 0 unspecified atom stereocenters. The molecule has 1 aromatic carbocycles. The fourth-order valence-corrected chi connectivity index (χ4v) is 1.61. The maximum Gasteiger partial charge on any atom is 0.132 e. The number of aryl methyl sites for hydroxylation is 1. The van der Waals surface area contributed by atoms with Crippen molar-refractivity contribution in [1.29, 1.82) is 0 Å². The van der Waals surface area contributed by atoms with Gasteiger partial charge in [0.05, 0.1) is 6.10 Å². The zero-order valence-corrected chi connectivity index (χ0v) is 9.74. The molecule has 0 bridgehead atoms. The van der Waals surface area contributed by atoms with Crippen molar-refractivity contribution in [3.63, 3.8) is 0 Å². The van der Waals surface area contributed by atoms with Crippen LogP contribution in [-0.2, 0) is 11.2 Å². The second-order valence-electron chi connectivity index (χ2n) is 4.36. The highest BCUT2D eigenvalue weighted by Gasteiger charge is 2.23. The van der Waals surface area contributed by atoms with Gasteiger partial charge in [-0.25, -0.2) is 0 Å². The molecule has 2 heteroatoms. The fourth-order valence-electron chi connectivity index (χ4n) is 1.61. The summed E-state index contributed by atoms with van der Waals surface area (Å²) in [5, 5.41) is 0. The number of carbonyl (C=O) groups is 1. The van der Waals surface area contributed by atoms with Crippen molar-refractivity contribution in [2.24, 2.45) is 0 Å². The molecule has 1 aliphatic carbocycles. The molecule has 0 saturated heterocycles. The van der Waals surface area contributed by atoms with Crippen LogP contribution in [0.5, 0.6) is 5.75 Å². The van der Waals surface area contributed by atoms with E-state index in [1.165, 1.54) is 18.4 Å². The van der Waals surface area contributed by atoms with Crippen LogP contribution in [0.1, 0.15) is 38.2 Å². The Morgan fingerprint density at radius 3 is 2.94 bits per heavy atom. The molecule has 86 valence electrons. The lowest BCUT2D eigenvalue weighted by molar-refractivity contribution is -0.118. The van der Waals surface area contributed by atoms with Gasteiger partial charge in [-0.3, -0.25) is 4.79 Å². The zero-order valence-electron chi connectivity index (χ0n) is 9.74. The van der Waals surface area contributed by atoms with Crippen LogP contribution in [0.3, 0.4) is 0 Å². The number of Topliss-reactive ketones (excluding diaryl/α,β-unsaturated/α-hetero) is 1. The van der Waals surface area contributed by atoms with E-state index in [4.69, 9.17) is 4.74 Å².